The summed E-state index contributed by atoms with van der Waals surface area (Å²) in [6, 6.07) is 9.54. The van der Waals surface area contributed by atoms with Gasteiger partial charge < -0.3 is 10.1 Å². The molecule has 1 aliphatic heterocycles. The number of amides is 1. The van der Waals surface area contributed by atoms with Crippen LogP contribution in [0.3, 0.4) is 0 Å². The highest BCUT2D eigenvalue weighted by Gasteiger charge is 2.20. The molecule has 1 aromatic carbocycles. The zero-order valence-electron chi connectivity index (χ0n) is 15.7. The summed E-state index contributed by atoms with van der Waals surface area (Å²) in [4.78, 5) is 21.4. The Morgan fingerprint density at radius 3 is 2.63 bits per heavy atom. The summed E-state index contributed by atoms with van der Waals surface area (Å²) in [5, 5.41) is 3.56. The second kappa shape index (κ2) is 9.17. The molecule has 1 saturated heterocycles. The number of anilines is 1. The lowest BCUT2D eigenvalue weighted by Crippen LogP contribution is -2.48. The van der Waals surface area contributed by atoms with Crippen molar-refractivity contribution >= 4 is 23.2 Å². The quantitative estimate of drug-likeness (QED) is 0.824. The van der Waals surface area contributed by atoms with Crippen LogP contribution in [0.15, 0.2) is 36.5 Å². The van der Waals surface area contributed by atoms with Crippen LogP contribution in [0.2, 0.25) is 5.02 Å². The number of nitrogens with zero attached hydrogens (tertiary/aromatic N) is 3. The highest BCUT2D eigenvalue weighted by molar-refractivity contribution is 6.31. The first-order chi connectivity index (χ1) is 13.0. The first-order valence-corrected chi connectivity index (χ1v) is 9.41. The van der Waals surface area contributed by atoms with Crippen LogP contribution >= 0.6 is 11.6 Å². The fraction of sp³-hybridized carbons (Fsp3) is 0.400. The number of pyridine rings is 1. The van der Waals surface area contributed by atoms with Crippen molar-refractivity contribution in [2.45, 2.75) is 13.5 Å². The van der Waals surface area contributed by atoms with Gasteiger partial charge in [-0.2, -0.15) is 0 Å². The van der Waals surface area contributed by atoms with Crippen molar-refractivity contribution in [2.75, 3.05) is 45.2 Å². The third-order valence-electron chi connectivity index (χ3n) is 4.70. The number of rotatable bonds is 6. The predicted molar refractivity (Wildman–Crippen MR) is 107 cm³/mol. The summed E-state index contributed by atoms with van der Waals surface area (Å²) < 4.78 is 5.32. The standard InChI is InChI=1S/C20H25ClN4O2/c1-15-11-18(19(27-2)12-17(15)21)23-20(26)14-25-9-7-24(8-10-25)13-16-5-3-4-6-22-16/h3-6,11-12H,7-10,13-14H2,1-2H3,(H,23,26). The number of nitrogens with one attached hydrogen (secondary N) is 1. The molecule has 3 rings (SSSR count). The van der Waals surface area contributed by atoms with E-state index in [4.69, 9.17) is 16.3 Å². The zero-order chi connectivity index (χ0) is 19.2. The van der Waals surface area contributed by atoms with E-state index in [-0.39, 0.29) is 5.91 Å². The average molecular weight is 389 g/mol. The fourth-order valence-corrected chi connectivity index (χ4v) is 3.30. The molecule has 1 amide bonds. The van der Waals surface area contributed by atoms with Crippen molar-refractivity contribution in [1.29, 1.82) is 0 Å². The highest BCUT2D eigenvalue weighted by atomic mass is 35.5. The number of aryl methyl sites for hydroxylation is 1. The molecule has 1 N–H and O–H groups in total. The number of carbonyl (C=O) groups excluding carboxylic acids is 1. The fourth-order valence-electron chi connectivity index (χ4n) is 3.15. The number of methoxy groups -OCH3 is 1. The molecular formula is C20H25ClN4O2. The molecule has 144 valence electrons. The van der Waals surface area contributed by atoms with Gasteiger partial charge in [-0.15, -0.1) is 0 Å². The number of piperazine rings is 1. The minimum atomic E-state index is -0.0480. The van der Waals surface area contributed by atoms with Crippen LogP contribution in [-0.2, 0) is 11.3 Å². The Hall–Kier alpha value is -2.15. The lowest BCUT2D eigenvalue weighted by Gasteiger charge is -2.34. The summed E-state index contributed by atoms with van der Waals surface area (Å²) >= 11 is 6.12. The van der Waals surface area contributed by atoms with Crippen LogP contribution in [0, 0.1) is 6.92 Å². The van der Waals surface area contributed by atoms with Crippen molar-refractivity contribution in [2.24, 2.45) is 0 Å². The summed E-state index contributed by atoms with van der Waals surface area (Å²) in [7, 11) is 1.57. The molecule has 0 spiro atoms. The number of ether oxygens (including phenoxy) is 1. The van der Waals surface area contributed by atoms with Gasteiger partial charge in [0.1, 0.15) is 5.75 Å². The topological polar surface area (TPSA) is 57.7 Å². The SMILES string of the molecule is COc1cc(Cl)c(C)cc1NC(=O)CN1CCN(Cc2ccccn2)CC1. The minimum absolute atomic E-state index is 0.0480. The minimum Gasteiger partial charge on any atom is -0.495 e. The summed E-state index contributed by atoms with van der Waals surface area (Å²) in [6.07, 6.45) is 1.82. The van der Waals surface area contributed by atoms with E-state index in [0.717, 1.165) is 44.0 Å². The molecule has 0 unspecified atom stereocenters. The van der Waals surface area contributed by atoms with Crippen LogP contribution in [0.5, 0.6) is 5.75 Å². The predicted octanol–water partition coefficient (Wildman–Crippen LogP) is 2.81. The summed E-state index contributed by atoms with van der Waals surface area (Å²) in [6.45, 7) is 6.68. The van der Waals surface area contributed by atoms with Crippen molar-refractivity contribution in [3.63, 3.8) is 0 Å². The molecule has 0 saturated carbocycles. The molecule has 6 nitrogen and oxygen atoms in total. The van der Waals surface area contributed by atoms with Gasteiger partial charge in [0.2, 0.25) is 5.91 Å². The largest absolute Gasteiger partial charge is 0.495 e. The third-order valence-corrected chi connectivity index (χ3v) is 5.11. The highest BCUT2D eigenvalue weighted by Crippen LogP contribution is 2.30. The van der Waals surface area contributed by atoms with Gasteiger partial charge in [0.15, 0.2) is 0 Å². The molecule has 1 aliphatic rings. The van der Waals surface area contributed by atoms with E-state index in [1.807, 2.05) is 37.4 Å². The Bertz CT molecular complexity index is 777. The Morgan fingerprint density at radius 2 is 1.96 bits per heavy atom. The van der Waals surface area contributed by atoms with Gasteiger partial charge in [0.05, 0.1) is 25.0 Å². The molecule has 27 heavy (non-hydrogen) atoms. The molecule has 2 aromatic rings. The molecule has 1 fully saturated rings. The van der Waals surface area contributed by atoms with Crippen molar-refractivity contribution < 1.29 is 9.53 Å². The van der Waals surface area contributed by atoms with Gasteiger partial charge >= 0.3 is 0 Å². The van der Waals surface area contributed by atoms with Crippen molar-refractivity contribution in [3.05, 3.63) is 52.8 Å². The van der Waals surface area contributed by atoms with Crippen molar-refractivity contribution in [3.8, 4) is 5.75 Å². The first kappa shape index (κ1) is 19.6. The average Bonchev–Trinajstić information content (AvgIpc) is 2.67. The van der Waals surface area contributed by atoms with Crippen LogP contribution in [0.1, 0.15) is 11.3 Å². The normalized spacial score (nSPS) is 15.5. The molecular weight excluding hydrogens is 364 g/mol. The lowest BCUT2D eigenvalue weighted by molar-refractivity contribution is -0.117. The van der Waals surface area contributed by atoms with E-state index >= 15 is 0 Å². The van der Waals surface area contributed by atoms with Gasteiger partial charge in [-0.3, -0.25) is 19.6 Å². The van der Waals surface area contributed by atoms with Crippen LogP contribution in [0.4, 0.5) is 5.69 Å². The van der Waals surface area contributed by atoms with E-state index in [1.165, 1.54) is 0 Å². The second-order valence-electron chi connectivity index (χ2n) is 6.72. The summed E-state index contributed by atoms with van der Waals surface area (Å²) in [5.41, 5.74) is 2.63. The smallest absolute Gasteiger partial charge is 0.238 e. The molecule has 0 bridgehead atoms. The molecule has 0 radical (unpaired) electrons. The number of benzene rings is 1. The number of hydrogen-bond acceptors (Lipinski definition) is 5. The van der Waals surface area contributed by atoms with Gasteiger partial charge in [-0.25, -0.2) is 0 Å². The summed E-state index contributed by atoms with van der Waals surface area (Å²) in [5.74, 6) is 0.521. The monoisotopic (exact) mass is 388 g/mol. The number of carbonyl (C=O) groups is 1. The maximum Gasteiger partial charge on any atom is 0.238 e. The van der Waals surface area contributed by atoms with Gasteiger partial charge in [0.25, 0.3) is 0 Å². The zero-order valence-corrected chi connectivity index (χ0v) is 16.5. The number of halogens is 1. The molecule has 0 aliphatic carbocycles. The van der Waals surface area contributed by atoms with Crippen LogP contribution < -0.4 is 10.1 Å². The van der Waals surface area contributed by atoms with E-state index in [1.54, 1.807) is 13.2 Å². The second-order valence-corrected chi connectivity index (χ2v) is 7.13. The molecule has 1 aromatic heterocycles. The Kier molecular flexibility index (Phi) is 6.66. The van der Waals surface area contributed by atoms with Gasteiger partial charge in [-0.1, -0.05) is 17.7 Å². The van der Waals surface area contributed by atoms with E-state index in [2.05, 4.69) is 20.1 Å². The maximum absolute atomic E-state index is 12.5. The Balaban J connectivity index is 1.49. The van der Waals surface area contributed by atoms with Crippen LogP contribution in [0.25, 0.3) is 0 Å². The van der Waals surface area contributed by atoms with Crippen LogP contribution in [-0.4, -0.2) is 60.5 Å². The Labute approximate surface area is 165 Å². The first-order valence-electron chi connectivity index (χ1n) is 9.04. The molecule has 0 atom stereocenters. The lowest BCUT2D eigenvalue weighted by atomic mass is 10.2. The third kappa shape index (κ3) is 5.42. The van der Waals surface area contributed by atoms with E-state index in [0.29, 0.717) is 23.0 Å². The maximum atomic E-state index is 12.5. The molecule has 7 heteroatoms. The van der Waals surface area contributed by atoms with E-state index < -0.39 is 0 Å². The number of hydrogen-bond donors (Lipinski definition) is 1. The number of aromatic nitrogens is 1. The van der Waals surface area contributed by atoms with Gasteiger partial charge in [-0.05, 0) is 30.7 Å². The van der Waals surface area contributed by atoms with E-state index in [9.17, 15) is 4.79 Å². The Morgan fingerprint density at radius 1 is 1.22 bits per heavy atom. The molecule has 2 heterocycles. The van der Waals surface area contributed by atoms with Crippen molar-refractivity contribution in [1.82, 2.24) is 14.8 Å². The van der Waals surface area contributed by atoms with Gasteiger partial charge in [0, 0.05) is 50.0 Å².